The first-order valence-corrected chi connectivity index (χ1v) is 5.30. The van der Waals surface area contributed by atoms with E-state index >= 15 is 0 Å². The van der Waals surface area contributed by atoms with Gasteiger partial charge in [0.05, 0.1) is 6.04 Å². The van der Waals surface area contributed by atoms with Crippen molar-refractivity contribution in [2.45, 2.75) is 38.3 Å². The van der Waals surface area contributed by atoms with Crippen LogP contribution in [0.3, 0.4) is 0 Å². The Morgan fingerprint density at radius 3 is 2.56 bits per heavy atom. The zero-order chi connectivity index (χ0) is 12.6. The monoisotopic (exact) mass is 232 g/mol. The van der Waals surface area contributed by atoms with E-state index in [1.54, 1.807) is 14.0 Å². The van der Waals surface area contributed by atoms with Crippen LogP contribution in [0.1, 0.15) is 26.2 Å². The van der Waals surface area contributed by atoms with Crippen LogP contribution in [0.15, 0.2) is 0 Å². The number of nitrogens with two attached hydrogens (primary N) is 1. The second-order valence-electron chi connectivity index (χ2n) is 3.55. The minimum Gasteiger partial charge on any atom is -0.480 e. The summed E-state index contributed by atoms with van der Waals surface area (Å²) in [5.74, 6) is -1.47. The highest BCUT2D eigenvalue weighted by Crippen LogP contribution is 1.99. The zero-order valence-corrected chi connectivity index (χ0v) is 9.73. The molecule has 0 heterocycles. The molecule has 2 atom stereocenters. The van der Waals surface area contributed by atoms with Gasteiger partial charge in [0.15, 0.2) is 0 Å². The van der Waals surface area contributed by atoms with Crippen LogP contribution in [-0.2, 0) is 14.3 Å². The van der Waals surface area contributed by atoms with Crippen molar-refractivity contribution < 1.29 is 19.4 Å². The smallest absolute Gasteiger partial charge is 0.326 e. The van der Waals surface area contributed by atoms with E-state index in [9.17, 15) is 9.59 Å². The molecule has 6 nitrogen and oxygen atoms in total. The lowest BCUT2D eigenvalue weighted by molar-refractivity contribution is -0.142. The van der Waals surface area contributed by atoms with Gasteiger partial charge in [0.25, 0.3) is 0 Å². The first-order chi connectivity index (χ1) is 7.52. The summed E-state index contributed by atoms with van der Waals surface area (Å²) in [5.41, 5.74) is 5.49. The molecule has 1 unspecified atom stereocenters. The molecule has 1 amide bonds. The lowest BCUT2D eigenvalue weighted by Gasteiger charge is -2.16. The molecule has 0 bridgehead atoms. The van der Waals surface area contributed by atoms with Gasteiger partial charge in [-0.25, -0.2) is 4.79 Å². The number of rotatable bonds is 8. The van der Waals surface area contributed by atoms with Crippen molar-refractivity contribution in [3.63, 3.8) is 0 Å². The second kappa shape index (κ2) is 8.06. The summed E-state index contributed by atoms with van der Waals surface area (Å²) in [7, 11) is 1.54. The third-order valence-electron chi connectivity index (χ3n) is 2.23. The molecule has 0 spiro atoms. The molecule has 0 aromatic heterocycles. The molecule has 0 aromatic rings. The molecule has 94 valence electrons. The van der Waals surface area contributed by atoms with Crippen LogP contribution in [-0.4, -0.2) is 42.8 Å². The van der Waals surface area contributed by atoms with Crippen LogP contribution in [0.25, 0.3) is 0 Å². The summed E-state index contributed by atoms with van der Waals surface area (Å²) in [6, 6.07) is -1.54. The van der Waals surface area contributed by atoms with Gasteiger partial charge in [-0.3, -0.25) is 4.79 Å². The molecule has 0 aliphatic carbocycles. The van der Waals surface area contributed by atoms with Crippen LogP contribution >= 0.6 is 0 Å². The van der Waals surface area contributed by atoms with Gasteiger partial charge in [-0.1, -0.05) is 6.92 Å². The standard InChI is InChI=1S/C10H20N2O4/c1-3-7(11)9(13)12-8(10(14)15)5-4-6-16-2/h7-8H,3-6,11H2,1-2H3,(H,12,13)(H,14,15)/t7-,8?/m1/s1. The molecule has 4 N–H and O–H groups in total. The van der Waals surface area contributed by atoms with Gasteiger partial charge in [0, 0.05) is 13.7 Å². The Labute approximate surface area is 95.1 Å². The summed E-state index contributed by atoms with van der Waals surface area (Å²) < 4.78 is 4.82. The number of aliphatic carboxylic acids is 1. The predicted octanol–water partition coefficient (Wildman–Crippen LogP) is -0.280. The largest absolute Gasteiger partial charge is 0.480 e. The quantitative estimate of drug-likeness (QED) is 0.499. The summed E-state index contributed by atoms with van der Waals surface area (Å²) in [6.07, 6.45) is 1.40. The van der Waals surface area contributed by atoms with Crippen molar-refractivity contribution in [1.29, 1.82) is 0 Å². The van der Waals surface area contributed by atoms with Gasteiger partial charge < -0.3 is 20.9 Å². The van der Waals surface area contributed by atoms with Crippen LogP contribution < -0.4 is 11.1 Å². The number of carboxylic acids is 1. The van der Waals surface area contributed by atoms with E-state index < -0.39 is 24.0 Å². The second-order valence-corrected chi connectivity index (χ2v) is 3.55. The average Bonchev–Trinajstić information content (AvgIpc) is 2.26. The molecule has 16 heavy (non-hydrogen) atoms. The van der Waals surface area contributed by atoms with Crippen molar-refractivity contribution in [3.8, 4) is 0 Å². The van der Waals surface area contributed by atoms with Gasteiger partial charge in [-0.05, 0) is 19.3 Å². The number of carboxylic acid groups (broad SMARTS) is 1. The fourth-order valence-corrected chi connectivity index (χ4v) is 1.15. The molecule has 0 radical (unpaired) electrons. The number of ether oxygens (including phenoxy) is 1. The number of carbonyl (C=O) groups is 2. The first kappa shape index (κ1) is 14.9. The fourth-order valence-electron chi connectivity index (χ4n) is 1.15. The van der Waals surface area contributed by atoms with Gasteiger partial charge in [-0.2, -0.15) is 0 Å². The Morgan fingerprint density at radius 1 is 1.50 bits per heavy atom. The Morgan fingerprint density at radius 2 is 2.12 bits per heavy atom. The molecule has 0 aliphatic rings. The maximum Gasteiger partial charge on any atom is 0.326 e. The highest BCUT2D eigenvalue weighted by atomic mass is 16.5. The van der Waals surface area contributed by atoms with E-state index in [-0.39, 0.29) is 0 Å². The average molecular weight is 232 g/mol. The van der Waals surface area contributed by atoms with E-state index in [0.717, 1.165) is 0 Å². The van der Waals surface area contributed by atoms with E-state index in [1.165, 1.54) is 0 Å². The number of hydrogen-bond acceptors (Lipinski definition) is 4. The van der Waals surface area contributed by atoms with Gasteiger partial charge in [0.1, 0.15) is 6.04 Å². The normalized spacial score (nSPS) is 14.2. The van der Waals surface area contributed by atoms with Crippen LogP contribution in [0, 0.1) is 0 Å². The van der Waals surface area contributed by atoms with Gasteiger partial charge >= 0.3 is 5.97 Å². The molecule has 0 saturated heterocycles. The van der Waals surface area contributed by atoms with Crippen molar-refractivity contribution in [1.82, 2.24) is 5.32 Å². The van der Waals surface area contributed by atoms with Gasteiger partial charge in [0.2, 0.25) is 5.91 Å². The SMILES string of the molecule is CC[C@@H](N)C(=O)NC(CCCOC)C(=O)O. The number of carbonyl (C=O) groups excluding carboxylic acids is 1. The molecule has 6 heteroatoms. The molecule has 0 fully saturated rings. The number of nitrogens with one attached hydrogen (secondary N) is 1. The highest BCUT2D eigenvalue weighted by molar-refractivity contribution is 5.86. The topological polar surface area (TPSA) is 102 Å². The first-order valence-electron chi connectivity index (χ1n) is 5.30. The summed E-state index contributed by atoms with van der Waals surface area (Å²) >= 11 is 0. The lowest BCUT2D eigenvalue weighted by atomic mass is 10.1. The van der Waals surface area contributed by atoms with Crippen molar-refractivity contribution in [2.24, 2.45) is 5.73 Å². The summed E-state index contributed by atoms with van der Waals surface area (Å²) in [5, 5.41) is 11.3. The van der Waals surface area contributed by atoms with Crippen molar-refractivity contribution in [3.05, 3.63) is 0 Å². The minimum atomic E-state index is -1.05. The van der Waals surface area contributed by atoms with Crippen LogP contribution in [0.4, 0.5) is 0 Å². The molecule has 0 aliphatic heterocycles. The summed E-state index contributed by atoms with van der Waals surface area (Å²) in [6.45, 7) is 2.24. The maximum absolute atomic E-state index is 11.4. The molecule has 0 rings (SSSR count). The number of amides is 1. The van der Waals surface area contributed by atoms with Crippen LogP contribution in [0.2, 0.25) is 0 Å². The summed E-state index contributed by atoms with van der Waals surface area (Å²) in [4.78, 5) is 22.2. The molecule has 0 saturated carbocycles. The molecule has 0 aromatic carbocycles. The zero-order valence-electron chi connectivity index (χ0n) is 9.73. The Kier molecular flexibility index (Phi) is 7.49. The van der Waals surface area contributed by atoms with Gasteiger partial charge in [-0.15, -0.1) is 0 Å². The van der Waals surface area contributed by atoms with Crippen LogP contribution in [0.5, 0.6) is 0 Å². The Bertz CT molecular complexity index is 233. The lowest BCUT2D eigenvalue weighted by Crippen LogP contribution is -2.48. The molecular weight excluding hydrogens is 212 g/mol. The third kappa shape index (κ3) is 5.67. The third-order valence-corrected chi connectivity index (χ3v) is 2.23. The molecular formula is C10H20N2O4. The van der Waals surface area contributed by atoms with E-state index in [2.05, 4.69) is 5.32 Å². The maximum atomic E-state index is 11.4. The van der Waals surface area contributed by atoms with E-state index in [0.29, 0.717) is 25.9 Å². The predicted molar refractivity (Wildman–Crippen MR) is 58.9 cm³/mol. The fraction of sp³-hybridized carbons (Fsp3) is 0.800. The number of methoxy groups -OCH3 is 1. The van der Waals surface area contributed by atoms with E-state index in [4.69, 9.17) is 15.6 Å². The number of hydrogen-bond donors (Lipinski definition) is 3. The highest BCUT2D eigenvalue weighted by Gasteiger charge is 2.21. The van der Waals surface area contributed by atoms with E-state index in [1.807, 2.05) is 0 Å². The minimum absolute atomic E-state index is 0.339. The van der Waals surface area contributed by atoms with Crippen molar-refractivity contribution >= 4 is 11.9 Å². The Balaban J connectivity index is 4.12. The Hall–Kier alpha value is -1.14. The van der Waals surface area contributed by atoms with Crippen molar-refractivity contribution in [2.75, 3.05) is 13.7 Å².